The van der Waals surface area contributed by atoms with E-state index in [-0.39, 0.29) is 17.3 Å². The van der Waals surface area contributed by atoms with Gasteiger partial charge in [0.15, 0.2) is 5.17 Å². The van der Waals surface area contributed by atoms with Gasteiger partial charge in [0.1, 0.15) is 5.75 Å². The van der Waals surface area contributed by atoms with E-state index in [1.54, 1.807) is 12.3 Å². The molecule has 0 saturated carbocycles. The van der Waals surface area contributed by atoms with E-state index in [1.807, 2.05) is 50.2 Å². The first-order valence-corrected chi connectivity index (χ1v) is 10.3. The van der Waals surface area contributed by atoms with E-state index in [1.165, 1.54) is 11.8 Å². The van der Waals surface area contributed by atoms with Crippen LogP contribution in [0.1, 0.15) is 25.0 Å². The zero-order chi connectivity index (χ0) is 20.1. The van der Waals surface area contributed by atoms with Crippen molar-refractivity contribution in [3.05, 3.63) is 63.6 Å². The van der Waals surface area contributed by atoms with E-state index >= 15 is 0 Å². The molecule has 1 aliphatic rings. The molecule has 1 heterocycles. The highest BCUT2D eigenvalue weighted by atomic mass is 35.5. The van der Waals surface area contributed by atoms with Crippen LogP contribution in [0.3, 0.4) is 0 Å². The van der Waals surface area contributed by atoms with Gasteiger partial charge in [0, 0.05) is 0 Å². The van der Waals surface area contributed by atoms with Gasteiger partial charge in [-0.3, -0.25) is 4.79 Å². The average molecular weight is 436 g/mol. The second-order valence-corrected chi connectivity index (χ2v) is 8.37. The molecule has 0 aromatic heterocycles. The van der Waals surface area contributed by atoms with Crippen molar-refractivity contribution in [1.82, 2.24) is 5.32 Å². The Hall–Kier alpha value is -2.02. The first-order valence-electron chi connectivity index (χ1n) is 8.70. The standard InChI is InChI=1S/C20H19Cl2N3O2S/c1-12(2)27-15-8-6-13(7-9-15)11-23-25-20-24-19(26)17(28-20)10-14-4-3-5-16(21)18(14)22/h3-9,11-12,17H,10H2,1-2H3,(H,24,25,26)/b23-11-/t17-/m1/s1. The average Bonchev–Trinajstić information content (AvgIpc) is 2.99. The van der Waals surface area contributed by atoms with Crippen molar-refractivity contribution in [2.24, 2.45) is 10.2 Å². The van der Waals surface area contributed by atoms with E-state index in [9.17, 15) is 4.79 Å². The maximum Gasteiger partial charge on any atom is 0.239 e. The van der Waals surface area contributed by atoms with Crippen LogP contribution in [0.25, 0.3) is 0 Å². The van der Waals surface area contributed by atoms with Crippen LogP contribution in [-0.2, 0) is 11.2 Å². The lowest BCUT2D eigenvalue weighted by atomic mass is 10.1. The Labute approximate surface area is 178 Å². The first kappa shape index (κ1) is 20.7. The van der Waals surface area contributed by atoms with Crippen LogP contribution in [-0.4, -0.2) is 28.6 Å². The molecule has 146 valence electrons. The lowest BCUT2D eigenvalue weighted by molar-refractivity contribution is -0.118. The summed E-state index contributed by atoms with van der Waals surface area (Å²) < 4.78 is 5.60. The predicted octanol–water partition coefficient (Wildman–Crippen LogP) is 4.94. The highest BCUT2D eigenvalue weighted by Gasteiger charge is 2.31. The third kappa shape index (κ3) is 5.50. The molecule has 1 N–H and O–H groups in total. The van der Waals surface area contributed by atoms with Crippen LogP contribution in [0, 0.1) is 0 Å². The van der Waals surface area contributed by atoms with Crippen molar-refractivity contribution < 1.29 is 9.53 Å². The van der Waals surface area contributed by atoms with Crippen LogP contribution in [0.2, 0.25) is 10.0 Å². The van der Waals surface area contributed by atoms with Gasteiger partial charge < -0.3 is 10.1 Å². The molecule has 28 heavy (non-hydrogen) atoms. The number of halogens is 2. The van der Waals surface area contributed by atoms with Gasteiger partial charge in [-0.05, 0) is 61.7 Å². The minimum absolute atomic E-state index is 0.120. The van der Waals surface area contributed by atoms with Crippen LogP contribution in [0.15, 0.2) is 52.7 Å². The van der Waals surface area contributed by atoms with E-state index in [4.69, 9.17) is 27.9 Å². The van der Waals surface area contributed by atoms with Crippen molar-refractivity contribution >= 4 is 52.3 Å². The molecule has 0 radical (unpaired) electrons. The Morgan fingerprint density at radius 3 is 2.68 bits per heavy atom. The number of benzene rings is 2. The third-order valence-corrected chi connectivity index (χ3v) is 5.75. The highest BCUT2D eigenvalue weighted by molar-refractivity contribution is 8.15. The molecule has 0 aliphatic carbocycles. The van der Waals surface area contributed by atoms with Crippen LogP contribution < -0.4 is 10.1 Å². The summed E-state index contributed by atoms with van der Waals surface area (Å²) in [4.78, 5) is 12.2. The fourth-order valence-electron chi connectivity index (χ4n) is 2.54. The number of thioether (sulfide) groups is 1. The summed E-state index contributed by atoms with van der Waals surface area (Å²) in [7, 11) is 0. The number of hydrogen-bond donors (Lipinski definition) is 1. The maximum absolute atomic E-state index is 12.2. The molecule has 3 rings (SSSR count). The minimum Gasteiger partial charge on any atom is -0.491 e. The summed E-state index contributed by atoms with van der Waals surface area (Å²) in [6.07, 6.45) is 2.22. The van der Waals surface area contributed by atoms with E-state index < -0.39 is 0 Å². The second kappa shape index (κ2) is 9.45. The summed E-state index contributed by atoms with van der Waals surface area (Å²) in [6.45, 7) is 3.96. The molecule has 5 nitrogen and oxygen atoms in total. The normalized spacial score (nSPS) is 18.2. The van der Waals surface area contributed by atoms with Crippen molar-refractivity contribution in [2.75, 3.05) is 0 Å². The molecule has 1 amide bonds. The molecule has 8 heteroatoms. The van der Waals surface area contributed by atoms with Gasteiger partial charge in [-0.1, -0.05) is 47.1 Å². The third-order valence-electron chi connectivity index (χ3n) is 3.82. The van der Waals surface area contributed by atoms with Gasteiger partial charge in [-0.2, -0.15) is 5.10 Å². The Balaban J connectivity index is 1.60. The summed E-state index contributed by atoms with van der Waals surface area (Å²) in [6, 6.07) is 13.0. The number of rotatable bonds is 6. The Morgan fingerprint density at radius 2 is 1.96 bits per heavy atom. The molecule has 1 fully saturated rings. The molecule has 1 atom stereocenters. The minimum atomic E-state index is -0.322. The number of hydrogen-bond acceptors (Lipinski definition) is 5. The number of amides is 1. The molecular formula is C20H19Cl2N3O2S. The number of nitrogens with one attached hydrogen (secondary N) is 1. The van der Waals surface area contributed by atoms with Crippen molar-refractivity contribution in [2.45, 2.75) is 31.6 Å². The summed E-state index contributed by atoms with van der Waals surface area (Å²) >= 11 is 13.6. The van der Waals surface area contributed by atoms with Crippen molar-refractivity contribution in [3.63, 3.8) is 0 Å². The maximum atomic E-state index is 12.2. The number of ether oxygens (including phenoxy) is 1. The van der Waals surface area contributed by atoms with Gasteiger partial charge in [0.2, 0.25) is 5.91 Å². The molecular weight excluding hydrogens is 417 g/mol. The quantitative estimate of drug-likeness (QED) is 0.515. The summed E-state index contributed by atoms with van der Waals surface area (Å²) in [5, 5.41) is 12.0. The highest BCUT2D eigenvalue weighted by Crippen LogP contribution is 2.30. The largest absolute Gasteiger partial charge is 0.491 e. The van der Waals surface area contributed by atoms with Crippen LogP contribution in [0.5, 0.6) is 5.75 Å². The monoisotopic (exact) mass is 435 g/mol. The van der Waals surface area contributed by atoms with Crippen LogP contribution in [0.4, 0.5) is 0 Å². The molecule has 2 aromatic rings. The van der Waals surface area contributed by atoms with E-state index in [2.05, 4.69) is 15.5 Å². The molecule has 0 unspecified atom stereocenters. The van der Waals surface area contributed by atoms with Gasteiger partial charge >= 0.3 is 0 Å². The number of carbonyl (C=O) groups excluding carboxylic acids is 1. The van der Waals surface area contributed by atoms with Gasteiger partial charge in [-0.25, -0.2) is 0 Å². The van der Waals surface area contributed by atoms with Gasteiger partial charge in [0.25, 0.3) is 0 Å². The Morgan fingerprint density at radius 1 is 1.21 bits per heavy atom. The second-order valence-electron chi connectivity index (χ2n) is 6.40. The summed E-state index contributed by atoms with van der Waals surface area (Å²) in [5.74, 6) is 0.685. The number of nitrogens with zero attached hydrogens (tertiary/aromatic N) is 2. The fraction of sp³-hybridized carbons (Fsp3) is 0.250. The fourth-order valence-corrected chi connectivity index (χ4v) is 3.89. The molecule has 1 aliphatic heterocycles. The molecule has 0 spiro atoms. The first-order chi connectivity index (χ1) is 13.4. The topological polar surface area (TPSA) is 63.1 Å². The molecule has 1 saturated heterocycles. The van der Waals surface area contributed by atoms with Crippen LogP contribution >= 0.6 is 35.0 Å². The van der Waals surface area contributed by atoms with E-state index in [0.717, 1.165) is 16.9 Å². The Kier molecular flexibility index (Phi) is 6.99. The van der Waals surface area contributed by atoms with E-state index in [0.29, 0.717) is 21.6 Å². The molecule has 0 bridgehead atoms. The number of carbonyl (C=O) groups is 1. The SMILES string of the molecule is CC(C)Oc1ccc(/C=N\N=C2\NC(=O)[C@@H](Cc3cccc(Cl)c3Cl)S2)cc1. The van der Waals surface area contributed by atoms with Crippen molar-refractivity contribution in [1.29, 1.82) is 0 Å². The smallest absolute Gasteiger partial charge is 0.239 e. The molecule has 2 aromatic carbocycles. The Bertz CT molecular complexity index is 914. The van der Waals surface area contributed by atoms with Crippen molar-refractivity contribution in [3.8, 4) is 5.75 Å². The van der Waals surface area contributed by atoms with Gasteiger partial charge in [-0.15, -0.1) is 5.10 Å². The summed E-state index contributed by atoms with van der Waals surface area (Å²) in [5.41, 5.74) is 1.72. The predicted molar refractivity (Wildman–Crippen MR) is 117 cm³/mol. The van der Waals surface area contributed by atoms with Gasteiger partial charge in [0.05, 0.1) is 27.6 Å². The zero-order valence-electron chi connectivity index (χ0n) is 15.4. The number of amidine groups is 1. The lowest BCUT2D eigenvalue weighted by Crippen LogP contribution is -2.26. The zero-order valence-corrected chi connectivity index (χ0v) is 17.7. The lowest BCUT2D eigenvalue weighted by Gasteiger charge is -2.08.